The summed E-state index contributed by atoms with van der Waals surface area (Å²) in [4.78, 5) is 0.844. The Bertz CT molecular complexity index is 628. The first-order valence-corrected chi connectivity index (χ1v) is 7.51. The predicted octanol–water partition coefficient (Wildman–Crippen LogP) is 5.19. The van der Waals surface area contributed by atoms with Gasteiger partial charge in [0.2, 0.25) is 0 Å². The molecule has 0 saturated carbocycles. The van der Waals surface area contributed by atoms with Crippen LogP contribution in [0.1, 0.15) is 16.5 Å². The van der Waals surface area contributed by atoms with Crippen LogP contribution in [0.2, 0.25) is 10.0 Å². The van der Waals surface area contributed by atoms with Crippen LogP contribution in [0.5, 0.6) is 0 Å². The van der Waals surface area contributed by atoms with Crippen molar-refractivity contribution in [3.63, 3.8) is 0 Å². The van der Waals surface area contributed by atoms with Crippen molar-refractivity contribution in [3.8, 4) is 0 Å². The van der Waals surface area contributed by atoms with Crippen LogP contribution in [0.25, 0.3) is 0 Å². The Morgan fingerprint density at radius 1 is 1.14 bits per heavy atom. The zero-order chi connectivity index (χ0) is 15.6. The minimum atomic E-state index is -4.45. The van der Waals surface area contributed by atoms with Gasteiger partial charge < -0.3 is 11.1 Å². The third kappa shape index (κ3) is 4.26. The minimum absolute atomic E-state index is 0.00677. The lowest BCUT2D eigenvalue weighted by atomic mass is 10.1. The van der Waals surface area contributed by atoms with Crippen molar-refractivity contribution in [3.05, 3.63) is 50.1 Å². The molecule has 3 N–H and O–H groups in total. The van der Waals surface area contributed by atoms with E-state index in [2.05, 4.69) is 5.32 Å². The Balaban J connectivity index is 2.27. The summed E-state index contributed by atoms with van der Waals surface area (Å²) >= 11 is 13.0. The summed E-state index contributed by atoms with van der Waals surface area (Å²) in [6.07, 6.45) is -4.45. The molecule has 0 bridgehead atoms. The first-order chi connectivity index (χ1) is 9.79. The second-order valence-electron chi connectivity index (χ2n) is 4.33. The van der Waals surface area contributed by atoms with Gasteiger partial charge in [-0.15, -0.1) is 11.3 Å². The van der Waals surface area contributed by atoms with Gasteiger partial charge in [-0.3, -0.25) is 0 Å². The molecule has 2 rings (SSSR count). The summed E-state index contributed by atoms with van der Waals surface area (Å²) in [6.45, 7) is 0.213. The van der Waals surface area contributed by atoms with E-state index in [-0.39, 0.29) is 23.3 Å². The minimum Gasteiger partial charge on any atom is -0.376 e. The Morgan fingerprint density at radius 2 is 1.86 bits per heavy atom. The molecule has 0 aliphatic rings. The highest BCUT2D eigenvalue weighted by atomic mass is 35.5. The molecule has 0 aliphatic carbocycles. The molecule has 8 heteroatoms. The lowest BCUT2D eigenvalue weighted by molar-refractivity contribution is -0.137. The van der Waals surface area contributed by atoms with Crippen LogP contribution in [0.3, 0.4) is 0 Å². The van der Waals surface area contributed by atoms with E-state index in [9.17, 15) is 13.2 Å². The molecule has 0 aliphatic heterocycles. The van der Waals surface area contributed by atoms with Crippen molar-refractivity contribution in [2.45, 2.75) is 12.2 Å². The topological polar surface area (TPSA) is 38.0 Å². The number of alkyl halides is 3. The number of nitrogens with one attached hydrogen (secondary N) is 1. The van der Waals surface area contributed by atoms with E-state index in [0.29, 0.717) is 5.02 Å². The first kappa shape index (κ1) is 16.4. The van der Waals surface area contributed by atoms with Crippen LogP contribution in [-0.4, -0.2) is 6.54 Å². The number of rotatable bonds is 4. The lowest BCUT2D eigenvalue weighted by Crippen LogP contribution is -2.20. The van der Waals surface area contributed by atoms with Crippen molar-refractivity contribution < 1.29 is 13.2 Å². The fraction of sp³-hybridized carbons (Fsp3) is 0.231. The summed E-state index contributed by atoms with van der Waals surface area (Å²) in [7, 11) is 0. The Labute approximate surface area is 133 Å². The fourth-order valence-electron chi connectivity index (χ4n) is 1.80. The molecule has 2 aromatic rings. The quantitative estimate of drug-likeness (QED) is 0.793. The normalized spacial score (nSPS) is 13.2. The molecular formula is C13H11Cl2F3N2S. The summed E-state index contributed by atoms with van der Waals surface area (Å²) < 4.78 is 38.3. The number of benzene rings is 1. The molecule has 2 nitrogen and oxygen atoms in total. The summed E-state index contributed by atoms with van der Waals surface area (Å²) in [5.41, 5.74) is 5.12. The van der Waals surface area contributed by atoms with Crippen molar-refractivity contribution in [1.29, 1.82) is 0 Å². The van der Waals surface area contributed by atoms with E-state index < -0.39 is 11.7 Å². The van der Waals surface area contributed by atoms with Gasteiger partial charge >= 0.3 is 6.18 Å². The smallest absolute Gasteiger partial charge is 0.376 e. The summed E-state index contributed by atoms with van der Waals surface area (Å²) in [5, 5.41) is 5.26. The van der Waals surface area contributed by atoms with Crippen LogP contribution in [0, 0.1) is 0 Å². The molecule has 0 saturated heterocycles. The van der Waals surface area contributed by atoms with Crippen molar-refractivity contribution in [1.82, 2.24) is 0 Å². The summed E-state index contributed by atoms with van der Waals surface area (Å²) in [6, 6.07) is 4.71. The maximum Gasteiger partial charge on any atom is 0.416 e. The lowest BCUT2D eigenvalue weighted by Gasteiger charge is -2.18. The molecule has 0 radical (unpaired) electrons. The number of anilines is 1. The predicted molar refractivity (Wildman–Crippen MR) is 81.2 cm³/mol. The zero-order valence-corrected chi connectivity index (χ0v) is 12.9. The average Bonchev–Trinajstić information content (AvgIpc) is 2.81. The molecule has 0 amide bonds. The van der Waals surface area contributed by atoms with Gasteiger partial charge in [0.15, 0.2) is 0 Å². The molecule has 0 spiro atoms. The van der Waals surface area contributed by atoms with E-state index >= 15 is 0 Å². The molecule has 1 unspecified atom stereocenters. The van der Waals surface area contributed by atoms with E-state index in [0.717, 1.165) is 17.0 Å². The van der Waals surface area contributed by atoms with Crippen LogP contribution < -0.4 is 11.1 Å². The van der Waals surface area contributed by atoms with E-state index in [1.54, 1.807) is 11.4 Å². The molecule has 1 aromatic heterocycles. The molecule has 1 heterocycles. The Hall–Kier alpha value is -0.950. The fourth-order valence-corrected chi connectivity index (χ4v) is 3.18. The van der Waals surface area contributed by atoms with Gasteiger partial charge in [-0.1, -0.05) is 23.2 Å². The van der Waals surface area contributed by atoms with Crippen LogP contribution >= 0.6 is 34.5 Å². The van der Waals surface area contributed by atoms with Crippen LogP contribution in [-0.2, 0) is 6.18 Å². The Kier molecular flexibility index (Phi) is 5.03. The van der Waals surface area contributed by atoms with Gasteiger partial charge in [0.05, 0.1) is 16.6 Å². The number of hydrogen-bond donors (Lipinski definition) is 2. The molecule has 0 fully saturated rings. The molecule has 21 heavy (non-hydrogen) atoms. The largest absolute Gasteiger partial charge is 0.416 e. The van der Waals surface area contributed by atoms with Crippen molar-refractivity contribution in [2.24, 2.45) is 5.73 Å². The molecule has 1 aromatic carbocycles. The SMILES string of the molecule is NCC(Nc1cc(Cl)cc(C(F)(F)F)c1)c1cc(Cl)cs1. The van der Waals surface area contributed by atoms with Crippen molar-refractivity contribution in [2.75, 3.05) is 11.9 Å². The van der Waals surface area contributed by atoms with Gasteiger partial charge in [-0.05, 0) is 24.3 Å². The third-order valence-electron chi connectivity index (χ3n) is 2.73. The molecule has 114 valence electrons. The van der Waals surface area contributed by atoms with Crippen molar-refractivity contribution >= 4 is 40.2 Å². The number of halogens is 5. The number of hydrogen-bond acceptors (Lipinski definition) is 3. The van der Waals surface area contributed by atoms with Crippen LogP contribution in [0.15, 0.2) is 29.6 Å². The van der Waals surface area contributed by atoms with Crippen LogP contribution in [0.4, 0.5) is 18.9 Å². The number of thiophene rings is 1. The second kappa shape index (κ2) is 6.44. The number of nitrogens with two attached hydrogens (primary N) is 1. The van der Waals surface area contributed by atoms with Gasteiger partial charge in [-0.2, -0.15) is 13.2 Å². The van der Waals surface area contributed by atoms with Gasteiger partial charge in [-0.25, -0.2) is 0 Å². The van der Waals surface area contributed by atoms with Gasteiger partial charge in [0.1, 0.15) is 0 Å². The van der Waals surface area contributed by atoms with Gasteiger partial charge in [0, 0.05) is 27.5 Å². The highest BCUT2D eigenvalue weighted by Crippen LogP contribution is 2.35. The van der Waals surface area contributed by atoms with E-state index in [1.807, 2.05) is 0 Å². The van der Waals surface area contributed by atoms with Gasteiger partial charge in [0.25, 0.3) is 0 Å². The third-order valence-corrected chi connectivity index (χ3v) is 4.35. The first-order valence-electron chi connectivity index (χ1n) is 5.88. The monoisotopic (exact) mass is 354 g/mol. The standard InChI is InChI=1S/C13H11Cl2F3N2S/c14-8-1-7(13(16,17)18)2-10(3-8)20-11(5-19)12-4-9(15)6-21-12/h1-4,6,11,20H,5,19H2. The highest BCUT2D eigenvalue weighted by molar-refractivity contribution is 7.10. The van der Waals surface area contributed by atoms with E-state index in [1.165, 1.54) is 17.4 Å². The summed E-state index contributed by atoms with van der Waals surface area (Å²) in [5.74, 6) is 0. The molecular weight excluding hydrogens is 344 g/mol. The average molecular weight is 355 g/mol. The zero-order valence-electron chi connectivity index (χ0n) is 10.5. The Morgan fingerprint density at radius 3 is 2.38 bits per heavy atom. The maximum atomic E-state index is 12.8. The molecule has 1 atom stereocenters. The maximum absolute atomic E-state index is 12.8. The van der Waals surface area contributed by atoms with E-state index in [4.69, 9.17) is 28.9 Å². The highest BCUT2D eigenvalue weighted by Gasteiger charge is 2.31. The second-order valence-corrected chi connectivity index (χ2v) is 6.14.